The van der Waals surface area contributed by atoms with Crippen LogP contribution in [0.1, 0.15) is 12.8 Å². The van der Waals surface area contributed by atoms with E-state index in [4.69, 9.17) is 0 Å². The summed E-state index contributed by atoms with van der Waals surface area (Å²) in [6, 6.07) is 0. The van der Waals surface area contributed by atoms with Crippen molar-refractivity contribution in [3.8, 4) is 9.85 Å². The quantitative estimate of drug-likeness (QED) is 0.314. The van der Waals surface area contributed by atoms with Crippen LogP contribution in [0.4, 0.5) is 0 Å². The number of halogens is 2. The molecule has 0 aromatic rings. The summed E-state index contributed by atoms with van der Waals surface area (Å²) in [5.74, 6) is 2.96. The summed E-state index contributed by atoms with van der Waals surface area (Å²) in [6.45, 7) is 0. The van der Waals surface area contributed by atoms with Crippen LogP contribution in [-0.4, -0.2) is 5.33 Å². The minimum atomic E-state index is 1.02. The van der Waals surface area contributed by atoms with Crippen LogP contribution in [0.15, 0.2) is 0 Å². The molecule has 0 aromatic heterocycles. The molecule has 0 aliphatic carbocycles. The van der Waals surface area contributed by atoms with Gasteiger partial charge in [-0.2, -0.15) is 0 Å². The fraction of sp³-hybridized carbons (Fsp3) is 0.600. The van der Waals surface area contributed by atoms with Gasteiger partial charge >= 0.3 is 0 Å². The van der Waals surface area contributed by atoms with Gasteiger partial charge in [0.15, 0.2) is 0 Å². The van der Waals surface area contributed by atoms with Crippen molar-refractivity contribution in [2.75, 3.05) is 5.33 Å². The number of hydrogen-bond donors (Lipinski definition) is 0. The molecule has 0 nitrogen and oxygen atoms in total. The third-order valence-electron chi connectivity index (χ3n) is 0.502. The zero-order valence-corrected chi connectivity index (χ0v) is 7.62. The first-order chi connectivity index (χ1) is 3.41. The minimum absolute atomic E-state index is 1.02. The van der Waals surface area contributed by atoms with E-state index in [0.29, 0.717) is 0 Å². The predicted octanol–water partition coefficient (Wildman–Crippen LogP) is 2.56. The molecule has 0 bridgehead atoms. The molecule has 0 aromatic carbocycles. The molecular formula is C5H6BrI. The molecule has 0 unspecified atom stereocenters. The molecule has 0 aliphatic rings. The van der Waals surface area contributed by atoms with Crippen LogP contribution in [0.5, 0.6) is 0 Å². The monoisotopic (exact) mass is 272 g/mol. The van der Waals surface area contributed by atoms with Crippen molar-refractivity contribution in [2.24, 2.45) is 0 Å². The van der Waals surface area contributed by atoms with E-state index in [0.717, 1.165) is 18.2 Å². The van der Waals surface area contributed by atoms with Gasteiger partial charge in [-0.1, -0.05) is 21.9 Å². The van der Waals surface area contributed by atoms with E-state index in [1.165, 1.54) is 0 Å². The summed E-state index contributed by atoms with van der Waals surface area (Å²) in [4.78, 5) is 0. The second-order valence-corrected chi connectivity index (χ2v) is 2.40. The topological polar surface area (TPSA) is 0 Å². The van der Waals surface area contributed by atoms with Gasteiger partial charge in [-0.25, -0.2) is 0 Å². The maximum atomic E-state index is 3.31. The summed E-state index contributed by atoms with van der Waals surface area (Å²) < 4.78 is 2.80. The molecule has 2 heteroatoms. The lowest BCUT2D eigenvalue weighted by atomic mass is 10.4. The Balaban J connectivity index is 2.78. The standard InChI is InChI=1S/C5H6BrI/c6-4-2-1-3-5-7/h1-2,4H2. The highest BCUT2D eigenvalue weighted by Crippen LogP contribution is 1.91. The van der Waals surface area contributed by atoms with Crippen LogP contribution in [0, 0.1) is 9.85 Å². The van der Waals surface area contributed by atoms with Crippen LogP contribution < -0.4 is 0 Å². The second-order valence-electron chi connectivity index (χ2n) is 1.06. The smallest absolute Gasteiger partial charge is 0.0181 e. The third-order valence-corrected chi connectivity index (χ3v) is 1.44. The molecule has 0 N–H and O–H groups in total. The highest BCUT2D eigenvalue weighted by molar-refractivity contribution is 14.1. The van der Waals surface area contributed by atoms with Gasteiger partial charge in [0.25, 0.3) is 0 Å². The maximum absolute atomic E-state index is 3.31. The molecule has 0 fully saturated rings. The first-order valence-corrected chi connectivity index (χ1v) is 4.26. The van der Waals surface area contributed by atoms with Crippen LogP contribution in [0.25, 0.3) is 0 Å². The molecule has 0 saturated carbocycles. The van der Waals surface area contributed by atoms with Gasteiger partial charge in [-0.15, -0.1) is 0 Å². The van der Waals surface area contributed by atoms with Gasteiger partial charge in [0.2, 0.25) is 0 Å². The lowest BCUT2D eigenvalue weighted by Crippen LogP contribution is -1.68. The van der Waals surface area contributed by atoms with Crippen molar-refractivity contribution in [1.29, 1.82) is 0 Å². The molecule has 0 radical (unpaired) electrons. The van der Waals surface area contributed by atoms with Gasteiger partial charge in [0.05, 0.1) is 0 Å². The molecular weight excluding hydrogens is 267 g/mol. The SMILES string of the molecule is BrCCCC#CI. The highest BCUT2D eigenvalue weighted by atomic mass is 127. The van der Waals surface area contributed by atoms with Gasteiger partial charge in [0.1, 0.15) is 0 Å². The summed E-state index contributed by atoms with van der Waals surface area (Å²) in [6.07, 6.45) is 2.18. The van der Waals surface area contributed by atoms with Crippen LogP contribution >= 0.6 is 38.5 Å². The van der Waals surface area contributed by atoms with Gasteiger partial charge in [0, 0.05) is 34.3 Å². The van der Waals surface area contributed by atoms with E-state index in [1.54, 1.807) is 0 Å². The molecule has 0 rings (SSSR count). The molecule has 7 heavy (non-hydrogen) atoms. The third kappa shape index (κ3) is 6.77. The van der Waals surface area contributed by atoms with E-state index < -0.39 is 0 Å². The van der Waals surface area contributed by atoms with Gasteiger partial charge < -0.3 is 0 Å². The molecule has 0 saturated heterocycles. The van der Waals surface area contributed by atoms with Crippen molar-refractivity contribution < 1.29 is 0 Å². The van der Waals surface area contributed by atoms with Crippen molar-refractivity contribution >= 4 is 38.5 Å². The fourth-order valence-electron chi connectivity index (χ4n) is 0.202. The maximum Gasteiger partial charge on any atom is 0.0181 e. The summed E-state index contributed by atoms with van der Waals surface area (Å²) in [5, 5.41) is 1.07. The molecule has 0 heterocycles. The van der Waals surface area contributed by atoms with E-state index in [2.05, 4.69) is 48.4 Å². The van der Waals surface area contributed by atoms with Crippen LogP contribution in [0.2, 0.25) is 0 Å². The fourth-order valence-corrected chi connectivity index (χ4v) is 0.753. The van der Waals surface area contributed by atoms with E-state index >= 15 is 0 Å². The molecule has 40 valence electrons. The minimum Gasteiger partial charge on any atom is -0.0928 e. The largest absolute Gasteiger partial charge is 0.0928 e. The van der Waals surface area contributed by atoms with Crippen molar-refractivity contribution in [3.05, 3.63) is 0 Å². The number of hydrogen-bond acceptors (Lipinski definition) is 0. The Kier molecular flexibility index (Phi) is 7.51. The lowest BCUT2D eigenvalue weighted by molar-refractivity contribution is 1.01. The number of unbranched alkanes of at least 4 members (excludes halogenated alkanes) is 1. The average Bonchev–Trinajstić information content (AvgIpc) is 1.69. The first-order valence-electron chi connectivity index (χ1n) is 2.06. The van der Waals surface area contributed by atoms with E-state index in [-0.39, 0.29) is 0 Å². The Morgan fingerprint density at radius 3 is 2.71 bits per heavy atom. The molecule has 0 amide bonds. The van der Waals surface area contributed by atoms with Gasteiger partial charge in [-0.05, 0) is 10.3 Å². The molecule has 0 spiro atoms. The van der Waals surface area contributed by atoms with Gasteiger partial charge in [-0.3, -0.25) is 0 Å². The predicted molar refractivity (Wildman–Crippen MR) is 44.8 cm³/mol. The summed E-state index contributed by atoms with van der Waals surface area (Å²) in [7, 11) is 0. The molecule has 0 aliphatic heterocycles. The Labute approximate surface area is 66.3 Å². The zero-order valence-electron chi connectivity index (χ0n) is 3.88. The number of rotatable bonds is 2. The summed E-state index contributed by atoms with van der Waals surface area (Å²) >= 11 is 5.36. The second kappa shape index (κ2) is 6.77. The van der Waals surface area contributed by atoms with Crippen molar-refractivity contribution in [1.82, 2.24) is 0 Å². The normalized spacial score (nSPS) is 7.14. The first kappa shape index (κ1) is 7.77. The summed E-state index contributed by atoms with van der Waals surface area (Å²) in [5.41, 5.74) is 0. The Bertz CT molecular complexity index is 79.8. The Morgan fingerprint density at radius 1 is 1.57 bits per heavy atom. The Hall–Kier alpha value is 0.770. The molecule has 0 atom stereocenters. The Morgan fingerprint density at radius 2 is 2.29 bits per heavy atom. The highest BCUT2D eigenvalue weighted by Gasteiger charge is 1.74. The lowest BCUT2D eigenvalue weighted by Gasteiger charge is -1.78. The average molecular weight is 273 g/mol. The van der Waals surface area contributed by atoms with E-state index in [1.807, 2.05) is 0 Å². The number of alkyl halides is 1. The van der Waals surface area contributed by atoms with E-state index in [9.17, 15) is 0 Å². The van der Waals surface area contributed by atoms with Crippen LogP contribution in [-0.2, 0) is 0 Å². The van der Waals surface area contributed by atoms with Crippen LogP contribution in [0.3, 0.4) is 0 Å². The van der Waals surface area contributed by atoms with Crippen molar-refractivity contribution in [3.63, 3.8) is 0 Å². The van der Waals surface area contributed by atoms with Crippen molar-refractivity contribution in [2.45, 2.75) is 12.8 Å². The zero-order chi connectivity index (χ0) is 5.54.